The molecule has 2 N–H and O–H groups in total. The number of ether oxygens (including phenoxy) is 1. The molecule has 0 spiro atoms. The number of rotatable bonds is 3. The molecule has 1 aliphatic carbocycles. The zero-order valence-electron chi connectivity index (χ0n) is 15.4. The molecule has 169 valence electrons. The van der Waals surface area contributed by atoms with Crippen LogP contribution in [0.5, 0.6) is 0 Å². The van der Waals surface area contributed by atoms with Crippen LogP contribution in [0, 0.1) is 6.29 Å². The van der Waals surface area contributed by atoms with Gasteiger partial charge in [0.05, 0.1) is 19.3 Å². The first-order chi connectivity index (χ1) is 12.3. The molecule has 7 nitrogen and oxygen atoms in total. The molecule has 15 heteroatoms. The van der Waals surface area contributed by atoms with Gasteiger partial charge in [-0.15, -0.1) is 16.8 Å². The van der Waals surface area contributed by atoms with Crippen LogP contribution in [0.3, 0.4) is 0 Å². The number of hydrogen-bond donors (Lipinski definition) is 2. The molecule has 3 rings (SSSR count). The summed E-state index contributed by atoms with van der Waals surface area (Å²) in [6, 6.07) is 0.280. The second-order valence-electron chi connectivity index (χ2n) is 6.79. The number of nitrogens with one attached hydrogen (secondary N) is 1. The third kappa shape index (κ3) is 8.04. The molecular weight excluding hydrogens is 439 g/mol. The van der Waals surface area contributed by atoms with E-state index in [0.717, 1.165) is 51.9 Å². The van der Waals surface area contributed by atoms with Crippen LogP contribution in [-0.2, 0) is 4.74 Å². The number of nitrogens with zero attached hydrogens (tertiary/aromatic N) is 4. The van der Waals surface area contributed by atoms with Crippen LogP contribution in [0.15, 0.2) is 0 Å². The molecule has 3 atom stereocenters. The van der Waals surface area contributed by atoms with Gasteiger partial charge in [0.25, 0.3) is 0 Å². The van der Waals surface area contributed by atoms with Crippen molar-refractivity contribution in [2.24, 2.45) is 0 Å². The molecule has 2 heterocycles. The molecule has 28 heavy (non-hydrogen) atoms. The molecule has 0 aromatic heterocycles. The standard InChI is InChI=1S/C13H25ClN5O2.F5P.FH/c1-16(2)13(17-5-7-21-8-6-17)18-11-4-3-10(14)9-12(11)19(20)15-18;1-6(2,3,4)5;/h10-12,15,20H,3-9H2,1-2H3;;1H. The summed E-state index contributed by atoms with van der Waals surface area (Å²) in [4.78, 5) is 4.40. The first kappa shape index (κ1) is 26.1. The molecule has 0 aromatic carbocycles. The van der Waals surface area contributed by atoms with Gasteiger partial charge in [-0.25, -0.2) is 0 Å². The van der Waals surface area contributed by atoms with E-state index < -0.39 is 8.16 Å². The van der Waals surface area contributed by atoms with E-state index in [4.69, 9.17) is 16.3 Å². The fourth-order valence-electron chi connectivity index (χ4n) is 3.51. The van der Waals surface area contributed by atoms with Gasteiger partial charge < -0.3 is 4.74 Å². The van der Waals surface area contributed by atoms with Crippen molar-refractivity contribution in [2.45, 2.75) is 36.7 Å². The maximum absolute atomic E-state index is 10.2. The van der Waals surface area contributed by atoms with Crippen molar-refractivity contribution in [2.75, 3.05) is 40.4 Å². The van der Waals surface area contributed by atoms with Crippen molar-refractivity contribution in [1.29, 1.82) is 0 Å². The minimum atomic E-state index is -8.55. The van der Waals surface area contributed by atoms with Crippen LogP contribution >= 0.6 is 19.8 Å². The molecule has 1 radical (unpaired) electrons. The Morgan fingerprint density at radius 3 is 2.14 bits per heavy atom. The number of fused-ring (bicyclic) bond motifs is 1. The summed E-state index contributed by atoms with van der Waals surface area (Å²) < 4.78 is 54.6. The normalized spacial score (nSPS) is 31.5. The topological polar surface area (TPSA) is 54.5 Å². The van der Waals surface area contributed by atoms with Crippen molar-refractivity contribution in [1.82, 2.24) is 25.5 Å². The predicted molar refractivity (Wildman–Crippen MR) is 94.0 cm³/mol. The van der Waals surface area contributed by atoms with E-state index in [-0.39, 0.29) is 22.2 Å². The molecule has 0 aromatic rings. The van der Waals surface area contributed by atoms with E-state index in [1.807, 2.05) is 14.1 Å². The summed E-state index contributed by atoms with van der Waals surface area (Å²) in [5.74, 6) is 0. The van der Waals surface area contributed by atoms with Crippen molar-refractivity contribution in [3.05, 3.63) is 6.29 Å². The molecule has 3 aliphatic rings. The fraction of sp³-hybridized carbons (Fsp3) is 0.923. The van der Waals surface area contributed by atoms with Crippen LogP contribution in [-0.4, -0.2) is 83.0 Å². The average molecular weight is 465 g/mol. The summed E-state index contributed by atoms with van der Waals surface area (Å²) in [5.41, 5.74) is 3.10. The van der Waals surface area contributed by atoms with E-state index in [9.17, 15) is 26.2 Å². The number of alkyl halides is 1. The third-order valence-electron chi connectivity index (χ3n) is 4.48. The van der Waals surface area contributed by atoms with Crippen molar-refractivity contribution in [3.63, 3.8) is 0 Å². The Hall–Kier alpha value is 0.0200. The Morgan fingerprint density at radius 2 is 1.64 bits per heavy atom. The van der Waals surface area contributed by atoms with Crippen LogP contribution in [0.2, 0.25) is 0 Å². The second kappa shape index (κ2) is 9.88. The quantitative estimate of drug-likeness (QED) is 0.377. The molecule has 0 bridgehead atoms. The number of halogens is 7. The van der Waals surface area contributed by atoms with Crippen molar-refractivity contribution < 1.29 is 35.6 Å². The number of hydrazine groups is 2. The summed E-state index contributed by atoms with van der Waals surface area (Å²) in [7, 11) is -4.48. The van der Waals surface area contributed by atoms with E-state index in [1.165, 1.54) is 5.17 Å². The van der Waals surface area contributed by atoms with Gasteiger partial charge in [-0.3, -0.25) is 19.7 Å². The molecule has 2 aliphatic heterocycles. The number of hydrogen-bond acceptors (Lipinski definition) is 7. The monoisotopic (exact) mass is 464 g/mol. The van der Waals surface area contributed by atoms with Crippen molar-refractivity contribution in [3.8, 4) is 0 Å². The SMILES string of the molecule is CN(C)[C](N1CCOCC1)N1NN(O)C2CC(Cl)CCC21.F.FP(F)(F)(F)F. The molecule has 1 saturated carbocycles. The molecule has 0 amide bonds. The van der Waals surface area contributed by atoms with Gasteiger partial charge in [0, 0.05) is 24.5 Å². The molecule has 3 fully saturated rings. The van der Waals surface area contributed by atoms with Gasteiger partial charge in [0.1, 0.15) is 0 Å². The summed E-state index contributed by atoms with van der Waals surface area (Å²) in [6.07, 6.45) is 3.84. The number of hydroxylamine groups is 1. The predicted octanol–water partition coefficient (Wildman–Crippen LogP) is 3.40. The fourth-order valence-corrected chi connectivity index (χ4v) is 3.82. The van der Waals surface area contributed by atoms with Crippen LogP contribution in [0.25, 0.3) is 0 Å². The van der Waals surface area contributed by atoms with Crippen LogP contribution in [0.1, 0.15) is 19.3 Å². The minimum absolute atomic E-state index is 0. The zero-order chi connectivity index (χ0) is 20.4. The first-order valence-electron chi connectivity index (χ1n) is 8.47. The van der Waals surface area contributed by atoms with Gasteiger partial charge in [-0.1, -0.05) is 0 Å². The van der Waals surface area contributed by atoms with E-state index in [2.05, 4.69) is 20.3 Å². The van der Waals surface area contributed by atoms with E-state index in [0.29, 0.717) is 0 Å². The third-order valence-corrected chi connectivity index (χ3v) is 4.88. The Balaban J connectivity index is 0.000000492. The summed E-state index contributed by atoms with van der Waals surface area (Å²) in [6.45, 7) is 3.22. The van der Waals surface area contributed by atoms with E-state index in [1.54, 1.807) is 0 Å². The molecule has 3 unspecified atom stereocenters. The van der Waals surface area contributed by atoms with Gasteiger partial charge in [0.15, 0.2) is 6.29 Å². The van der Waals surface area contributed by atoms with Gasteiger partial charge in [-0.05, 0) is 33.4 Å². The Morgan fingerprint density at radius 1 is 1.11 bits per heavy atom. The van der Waals surface area contributed by atoms with Crippen molar-refractivity contribution >= 4 is 19.8 Å². The van der Waals surface area contributed by atoms with Gasteiger partial charge in [-0.2, -0.15) is 10.5 Å². The summed E-state index contributed by atoms with van der Waals surface area (Å²) in [5, 5.41) is 13.7. The Kier molecular flexibility index (Phi) is 9.20. The first-order valence-corrected chi connectivity index (χ1v) is 10.6. The van der Waals surface area contributed by atoms with Crippen LogP contribution in [0.4, 0.5) is 25.7 Å². The Bertz CT molecular complexity index is 483. The van der Waals surface area contributed by atoms with Gasteiger partial charge in [0.2, 0.25) is 0 Å². The Labute approximate surface area is 165 Å². The van der Waals surface area contributed by atoms with Gasteiger partial charge >= 0.3 is 29.1 Å². The van der Waals surface area contributed by atoms with Crippen LogP contribution < -0.4 is 5.53 Å². The van der Waals surface area contributed by atoms with E-state index >= 15 is 0 Å². The maximum atomic E-state index is 10.2. The average Bonchev–Trinajstić information content (AvgIpc) is 2.82. The number of morpholine rings is 1. The molecule has 2 saturated heterocycles. The zero-order valence-corrected chi connectivity index (χ0v) is 17.1. The molecular formula is C13H26ClF6N5O2P. The second-order valence-corrected chi connectivity index (χ2v) is 8.69. The summed E-state index contributed by atoms with van der Waals surface area (Å²) >= 11 is 6.26.